The summed E-state index contributed by atoms with van der Waals surface area (Å²) in [4.78, 5) is 24.6. The Morgan fingerprint density at radius 2 is 2.16 bits per heavy atom. The summed E-state index contributed by atoms with van der Waals surface area (Å²) in [6, 6.07) is 7.38. The first-order chi connectivity index (χ1) is 9.06. The van der Waals surface area contributed by atoms with Gasteiger partial charge < -0.3 is 10.4 Å². The van der Waals surface area contributed by atoms with Crippen LogP contribution < -0.4 is 5.32 Å². The molecule has 1 fully saturated rings. The van der Waals surface area contributed by atoms with Crippen LogP contribution in [0.4, 0.5) is 5.69 Å². The normalized spacial score (nSPS) is 19.3. The van der Waals surface area contributed by atoms with Crippen molar-refractivity contribution < 1.29 is 14.7 Å². The number of carboxylic acids is 1. The van der Waals surface area contributed by atoms with Gasteiger partial charge in [-0.15, -0.1) is 0 Å². The minimum Gasteiger partial charge on any atom is -0.481 e. The van der Waals surface area contributed by atoms with Crippen molar-refractivity contribution in [2.75, 3.05) is 25.0 Å². The Kier molecular flexibility index (Phi) is 4.55. The molecular weight excluding hydrogens is 312 g/mol. The van der Waals surface area contributed by atoms with E-state index in [1.54, 1.807) is 0 Å². The van der Waals surface area contributed by atoms with E-state index >= 15 is 0 Å². The second-order valence-electron chi connectivity index (χ2n) is 4.59. The van der Waals surface area contributed by atoms with Gasteiger partial charge in [-0.25, -0.2) is 0 Å². The largest absolute Gasteiger partial charge is 0.481 e. The summed E-state index contributed by atoms with van der Waals surface area (Å²) < 4.78 is 0.827. The topological polar surface area (TPSA) is 69.6 Å². The number of nitrogens with zero attached hydrogens (tertiary/aromatic N) is 1. The van der Waals surface area contributed by atoms with Crippen molar-refractivity contribution in [1.29, 1.82) is 0 Å². The summed E-state index contributed by atoms with van der Waals surface area (Å²) in [6.07, 6.45) is 0.609. The minimum atomic E-state index is -0.784. The molecule has 5 nitrogen and oxygen atoms in total. The van der Waals surface area contributed by atoms with E-state index in [0.717, 1.165) is 10.2 Å². The first-order valence-electron chi connectivity index (χ1n) is 6.06. The van der Waals surface area contributed by atoms with E-state index in [2.05, 4.69) is 21.2 Å². The van der Waals surface area contributed by atoms with Gasteiger partial charge in [0.25, 0.3) is 0 Å². The summed E-state index contributed by atoms with van der Waals surface area (Å²) in [6.45, 7) is 1.32. The zero-order chi connectivity index (χ0) is 13.8. The molecule has 6 heteroatoms. The van der Waals surface area contributed by atoms with Crippen LogP contribution in [-0.4, -0.2) is 41.5 Å². The number of hydrogen-bond donors (Lipinski definition) is 2. The van der Waals surface area contributed by atoms with E-state index in [4.69, 9.17) is 5.11 Å². The molecular formula is C13H15BrN2O3. The molecule has 2 N–H and O–H groups in total. The van der Waals surface area contributed by atoms with Gasteiger partial charge in [-0.05, 0) is 41.0 Å². The number of anilines is 1. The third-order valence-corrected chi connectivity index (χ3v) is 3.83. The predicted molar refractivity (Wildman–Crippen MR) is 75.0 cm³/mol. The maximum Gasteiger partial charge on any atom is 0.307 e. The number of benzene rings is 1. The molecule has 0 aliphatic carbocycles. The van der Waals surface area contributed by atoms with Gasteiger partial charge in [0.15, 0.2) is 0 Å². The fourth-order valence-corrected chi connectivity index (χ4v) is 2.52. The van der Waals surface area contributed by atoms with Crippen LogP contribution in [0.1, 0.15) is 6.42 Å². The van der Waals surface area contributed by atoms with Crippen LogP contribution >= 0.6 is 15.9 Å². The summed E-state index contributed by atoms with van der Waals surface area (Å²) in [7, 11) is 0. The van der Waals surface area contributed by atoms with Gasteiger partial charge in [0, 0.05) is 11.0 Å². The molecule has 1 aliphatic heterocycles. The van der Waals surface area contributed by atoms with Gasteiger partial charge in [0.05, 0.1) is 18.2 Å². The predicted octanol–water partition coefficient (Wildman–Crippen LogP) is 1.79. The van der Waals surface area contributed by atoms with Gasteiger partial charge in [-0.3, -0.25) is 14.5 Å². The highest BCUT2D eigenvalue weighted by atomic mass is 79.9. The molecule has 1 aromatic rings. The maximum absolute atomic E-state index is 11.9. The molecule has 0 radical (unpaired) electrons. The maximum atomic E-state index is 11.9. The fourth-order valence-electron chi connectivity index (χ4n) is 2.13. The third kappa shape index (κ3) is 3.78. The number of hydrogen-bond acceptors (Lipinski definition) is 3. The molecule has 0 bridgehead atoms. The highest BCUT2D eigenvalue weighted by Crippen LogP contribution is 2.21. The molecule has 1 aromatic carbocycles. The first kappa shape index (κ1) is 14.0. The molecule has 1 saturated heterocycles. The van der Waals surface area contributed by atoms with E-state index in [0.29, 0.717) is 19.5 Å². The number of carbonyl (C=O) groups is 2. The van der Waals surface area contributed by atoms with Gasteiger partial charge >= 0.3 is 5.97 Å². The van der Waals surface area contributed by atoms with Gasteiger partial charge in [-0.2, -0.15) is 0 Å². The molecule has 1 atom stereocenters. The van der Waals surface area contributed by atoms with Crippen molar-refractivity contribution in [2.45, 2.75) is 6.42 Å². The fraction of sp³-hybridized carbons (Fsp3) is 0.385. The molecule has 2 rings (SSSR count). The Balaban J connectivity index is 1.86. The number of likely N-dealkylation sites (tertiary alicyclic amines) is 1. The quantitative estimate of drug-likeness (QED) is 0.885. The SMILES string of the molecule is O=C(CN1CCC(C(=O)O)C1)Nc1ccccc1Br. The van der Waals surface area contributed by atoms with Crippen LogP contribution in [0.5, 0.6) is 0 Å². The van der Waals surface area contributed by atoms with Crippen LogP contribution in [0.2, 0.25) is 0 Å². The number of rotatable bonds is 4. The van der Waals surface area contributed by atoms with Crippen molar-refractivity contribution in [1.82, 2.24) is 4.90 Å². The minimum absolute atomic E-state index is 0.127. The Labute approximate surface area is 119 Å². The Hall–Kier alpha value is -1.40. The molecule has 1 amide bonds. The third-order valence-electron chi connectivity index (χ3n) is 3.14. The lowest BCUT2D eigenvalue weighted by Gasteiger charge is -2.15. The van der Waals surface area contributed by atoms with Crippen LogP contribution in [0.25, 0.3) is 0 Å². The molecule has 1 heterocycles. The van der Waals surface area contributed by atoms with Crippen molar-refractivity contribution in [3.05, 3.63) is 28.7 Å². The highest BCUT2D eigenvalue weighted by Gasteiger charge is 2.28. The molecule has 1 unspecified atom stereocenters. The van der Waals surface area contributed by atoms with Gasteiger partial charge in [-0.1, -0.05) is 12.1 Å². The monoisotopic (exact) mass is 326 g/mol. The van der Waals surface area contributed by atoms with Crippen molar-refractivity contribution in [3.63, 3.8) is 0 Å². The Morgan fingerprint density at radius 1 is 1.42 bits per heavy atom. The second-order valence-corrected chi connectivity index (χ2v) is 5.44. The number of para-hydroxylation sites is 1. The van der Waals surface area contributed by atoms with Gasteiger partial charge in [0.2, 0.25) is 5.91 Å². The molecule has 0 aromatic heterocycles. The number of nitrogens with one attached hydrogen (secondary N) is 1. The Morgan fingerprint density at radius 3 is 2.79 bits per heavy atom. The van der Waals surface area contributed by atoms with E-state index < -0.39 is 5.97 Å². The van der Waals surface area contributed by atoms with E-state index in [1.807, 2.05) is 29.2 Å². The van der Waals surface area contributed by atoms with E-state index in [-0.39, 0.29) is 18.4 Å². The van der Waals surface area contributed by atoms with Crippen LogP contribution in [0.3, 0.4) is 0 Å². The lowest BCUT2D eigenvalue weighted by atomic mass is 10.1. The van der Waals surface area contributed by atoms with Crippen LogP contribution in [0, 0.1) is 5.92 Å². The molecule has 19 heavy (non-hydrogen) atoms. The zero-order valence-corrected chi connectivity index (χ0v) is 11.9. The number of carboxylic acid groups (broad SMARTS) is 1. The molecule has 0 spiro atoms. The molecule has 1 aliphatic rings. The van der Waals surface area contributed by atoms with E-state index in [1.165, 1.54) is 0 Å². The van der Waals surface area contributed by atoms with Crippen molar-refractivity contribution in [3.8, 4) is 0 Å². The smallest absolute Gasteiger partial charge is 0.307 e. The molecule has 0 saturated carbocycles. The lowest BCUT2D eigenvalue weighted by Crippen LogP contribution is -2.32. The van der Waals surface area contributed by atoms with Crippen molar-refractivity contribution in [2.24, 2.45) is 5.92 Å². The average molecular weight is 327 g/mol. The summed E-state index contributed by atoms with van der Waals surface area (Å²) >= 11 is 3.36. The summed E-state index contributed by atoms with van der Waals surface area (Å²) in [5.74, 6) is -1.26. The lowest BCUT2D eigenvalue weighted by molar-refractivity contribution is -0.141. The zero-order valence-electron chi connectivity index (χ0n) is 10.3. The van der Waals surface area contributed by atoms with Crippen LogP contribution in [0.15, 0.2) is 28.7 Å². The first-order valence-corrected chi connectivity index (χ1v) is 6.85. The average Bonchev–Trinajstić information content (AvgIpc) is 2.80. The van der Waals surface area contributed by atoms with E-state index in [9.17, 15) is 9.59 Å². The number of aliphatic carboxylic acids is 1. The number of carbonyl (C=O) groups excluding carboxylic acids is 1. The van der Waals surface area contributed by atoms with Crippen molar-refractivity contribution >= 4 is 33.5 Å². The number of amides is 1. The molecule has 102 valence electrons. The highest BCUT2D eigenvalue weighted by molar-refractivity contribution is 9.10. The van der Waals surface area contributed by atoms with Gasteiger partial charge in [0.1, 0.15) is 0 Å². The second kappa shape index (κ2) is 6.16. The summed E-state index contributed by atoms with van der Waals surface area (Å²) in [5, 5.41) is 11.7. The van der Waals surface area contributed by atoms with Crippen LogP contribution in [-0.2, 0) is 9.59 Å². The number of halogens is 1. The summed E-state index contributed by atoms with van der Waals surface area (Å²) in [5.41, 5.74) is 0.724. The Bertz CT molecular complexity index is 493. The standard InChI is InChI=1S/C13H15BrN2O3/c14-10-3-1-2-4-11(10)15-12(17)8-16-6-5-9(7-16)13(18)19/h1-4,9H,5-8H2,(H,15,17)(H,18,19).